The number of aromatic amines is 2. The van der Waals surface area contributed by atoms with Crippen molar-refractivity contribution in [3.05, 3.63) is 46.0 Å². The highest BCUT2D eigenvalue weighted by Gasteiger charge is 2.54. The fourth-order valence-corrected chi connectivity index (χ4v) is 15.9. The van der Waals surface area contributed by atoms with Crippen molar-refractivity contribution in [3.8, 4) is 0 Å². The van der Waals surface area contributed by atoms with E-state index in [4.69, 9.17) is 49.7 Å². The van der Waals surface area contributed by atoms with Crippen molar-refractivity contribution in [3.63, 3.8) is 0 Å². The zero-order chi connectivity index (χ0) is 55.0. The molecule has 0 amide bonds. The highest BCUT2D eigenvalue weighted by atomic mass is 32.7. The third kappa shape index (κ3) is 11.1. The van der Waals surface area contributed by atoms with Crippen molar-refractivity contribution in [1.29, 1.82) is 0 Å². The molecule has 3 aliphatic rings. The number of aryl methyl sites for hydroxylation is 1. The second-order valence-corrected chi connectivity index (χ2v) is 25.6. The van der Waals surface area contributed by atoms with Crippen molar-refractivity contribution in [2.24, 2.45) is 13.0 Å². The quantitative estimate of drug-likeness (QED) is 0.0282. The van der Waals surface area contributed by atoms with Gasteiger partial charge in [0.15, 0.2) is 41.4 Å². The molecule has 3 fully saturated rings. The van der Waals surface area contributed by atoms with Gasteiger partial charge in [-0.25, -0.2) is 42.8 Å². The number of imidazole rings is 3. The number of nitrogens with two attached hydrogens (primary N) is 3. The van der Waals surface area contributed by atoms with Gasteiger partial charge in [-0.15, -0.1) is 0 Å². The van der Waals surface area contributed by atoms with Gasteiger partial charge in [-0.2, -0.15) is 13.6 Å². The van der Waals surface area contributed by atoms with Crippen molar-refractivity contribution < 1.29 is 98.9 Å². The van der Waals surface area contributed by atoms with E-state index in [1.165, 1.54) is 33.4 Å². The number of rotatable bonds is 20. The number of phosphoric ester groups is 2. The van der Waals surface area contributed by atoms with Gasteiger partial charge in [0.2, 0.25) is 17.7 Å². The summed E-state index contributed by atoms with van der Waals surface area (Å²) >= 11 is 0.0468. The minimum Gasteiger partial charge on any atom is -0.387 e. The van der Waals surface area contributed by atoms with Crippen LogP contribution in [0.25, 0.3) is 33.5 Å². The Morgan fingerprint density at radius 1 is 0.750 bits per heavy atom. The van der Waals surface area contributed by atoms with E-state index in [0.717, 1.165) is 24.3 Å². The van der Waals surface area contributed by atoms with Crippen LogP contribution in [-0.4, -0.2) is 163 Å². The number of H-pyrrole nitrogens is 2. The standard InChI is InChI=1S/C34H47N15O22P4S/c1-4-12-15(68-30(19(12)50)49-11-46(2)18-27(49)43-34(37)45-29(18)54)7-76-75(61,62)71-74(59,60)70-73(57,58)65-6-14-22(23(63-3)32(67-14)47-9-40-16-24(35)38-8-39-25(16)47)69-72(55,56)64-5-13-20(51)21(52)31(66-13)48-10-41-17-26(48)42-33(36)44-28(17)53/h8-15,19-23,30-32,50-52H,4-7H2,1-3H3,(H11-,35,36,37,38,39,42,43,44,45,53,54,55,56,57,58,59,60,61,62)/p+1/t12-,13-,14-,15-,19-,20-,21-,22-,23-,30-,31-,32-/m1/s1. The van der Waals surface area contributed by atoms with Gasteiger partial charge in [-0.05, 0) is 17.8 Å². The summed E-state index contributed by atoms with van der Waals surface area (Å²) in [6, 6.07) is 0. The Kier molecular flexibility index (Phi) is 15.6. The lowest BCUT2D eigenvalue weighted by molar-refractivity contribution is -0.745. The number of methoxy groups -OCH3 is 1. The van der Waals surface area contributed by atoms with Crippen LogP contribution in [-0.2, 0) is 66.4 Å². The minimum absolute atomic E-state index is 0.0305. The zero-order valence-electron chi connectivity index (χ0n) is 39.2. The number of phosphoric acid groups is 3. The van der Waals surface area contributed by atoms with E-state index in [2.05, 4.69) is 48.5 Å². The molecule has 6 aromatic rings. The molecule has 16 atom stereocenters. The summed E-state index contributed by atoms with van der Waals surface area (Å²) < 4.78 is 106. The van der Waals surface area contributed by atoms with Gasteiger partial charge >= 0.3 is 35.9 Å². The molecule has 15 N–H and O–H groups in total. The molecule has 0 aromatic carbocycles. The van der Waals surface area contributed by atoms with Crippen LogP contribution in [0.4, 0.5) is 17.7 Å². The van der Waals surface area contributed by atoms with E-state index in [1.807, 2.05) is 0 Å². The first-order valence-electron chi connectivity index (χ1n) is 22.0. The molecule has 0 radical (unpaired) electrons. The van der Waals surface area contributed by atoms with E-state index in [0.29, 0.717) is 0 Å². The number of aromatic nitrogens is 12. The number of hydrogen-bond acceptors (Lipinski definition) is 28. The van der Waals surface area contributed by atoms with Crippen molar-refractivity contribution in [2.45, 2.75) is 80.9 Å². The lowest BCUT2D eigenvalue weighted by Gasteiger charge is -2.26. The molecule has 42 heteroatoms. The Bertz CT molecular complexity index is 3490. The summed E-state index contributed by atoms with van der Waals surface area (Å²) in [6.45, 7) is -5.81. The smallest absolute Gasteiger partial charge is 0.387 e. The van der Waals surface area contributed by atoms with Gasteiger partial charge in [-0.1, -0.05) is 11.9 Å². The molecule has 9 rings (SSSR count). The lowest BCUT2D eigenvalue weighted by atomic mass is 9.96. The normalized spacial score (nSPS) is 30.2. The highest BCUT2D eigenvalue weighted by Crippen LogP contribution is 2.72. The minimum atomic E-state index is -6.04. The largest absolute Gasteiger partial charge is 0.488 e. The van der Waals surface area contributed by atoms with Crippen LogP contribution in [0.15, 0.2) is 34.9 Å². The van der Waals surface area contributed by atoms with Crippen LogP contribution >= 0.6 is 41.6 Å². The van der Waals surface area contributed by atoms with Gasteiger partial charge in [0.1, 0.15) is 54.6 Å². The fourth-order valence-electron chi connectivity index (χ4n) is 8.88. The summed E-state index contributed by atoms with van der Waals surface area (Å²) in [4.78, 5) is 96.7. The van der Waals surface area contributed by atoms with E-state index < -0.39 is 134 Å². The molecule has 3 saturated heterocycles. The van der Waals surface area contributed by atoms with Gasteiger partial charge in [0.25, 0.3) is 17.1 Å². The summed E-state index contributed by atoms with van der Waals surface area (Å²) in [5.74, 6) is -1.80. The molecule has 3 aliphatic heterocycles. The maximum Gasteiger partial charge on any atom is 0.488 e. The molecule has 37 nitrogen and oxygen atoms in total. The number of nitrogen functional groups attached to an aromatic ring is 3. The number of nitrogens with one attached hydrogen (secondary N) is 2. The number of fused-ring (bicyclic) bond motifs is 3. The van der Waals surface area contributed by atoms with Gasteiger partial charge in [-0.3, -0.25) is 46.8 Å². The van der Waals surface area contributed by atoms with Gasteiger partial charge < -0.3 is 71.0 Å². The van der Waals surface area contributed by atoms with E-state index in [9.17, 15) is 62.7 Å². The molecule has 4 unspecified atom stereocenters. The van der Waals surface area contributed by atoms with Crippen molar-refractivity contribution >= 4 is 92.9 Å². The Labute approximate surface area is 427 Å². The molecular formula is C34H48N15O22P4S+. The summed E-state index contributed by atoms with van der Waals surface area (Å²) in [7, 11) is -14.7. The zero-order valence-corrected chi connectivity index (χ0v) is 43.6. The average Bonchev–Trinajstić information content (AvgIpc) is 4.20. The molecule has 0 bridgehead atoms. The Morgan fingerprint density at radius 3 is 2.11 bits per heavy atom. The number of ether oxygens (including phenoxy) is 4. The Hall–Kier alpha value is -4.72. The molecule has 416 valence electrons. The maximum atomic E-state index is 13.7. The number of hydrogen-bond donors (Lipinski definition) is 12. The van der Waals surface area contributed by atoms with E-state index in [1.54, 1.807) is 6.92 Å². The van der Waals surface area contributed by atoms with Gasteiger partial charge in [0.05, 0.1) is 39.0 Å². The van der Waals surface area contributed by atoms with Crippen LogP contribution in [0.5, 0.6) is 0 Å². The predicted molar refractivity (Wildman–Crippen MR) is 253 cm³/mol. The Balaban J connectivity index is 0.866. The van der Waals surface area contributed by atoms with E-state index in [-0.39, 0.29) is 69.0 Å². The molecular weight excluding hydrogens is 1130 g/mol. The third-order valence-corrected chi connectivity index (χ3v) is 19.8. The van der Waals surface area contributed by atoms with Crippen LogP contribution < -0.4 is 32.9 Å². The average molecular weight is 1170 g/mol. The lowest BCUT2D eigenvalue weighted by Crippen LogP contribution is -2.45. The van der Waals surface area contributed by atoms with E-state index >= 15 is 0 Å². The second-order valence-electron chi connectivity index (χ2n) is 17.0. The summed E-state index contributed by atoms with van der Waals surface area (Å²) in [6.07, 6.45) is -11.8. The molecule has 0 saturated carbocycles. The number of nitrogens with zero attached hydrogens (tertiary/aromatic N) is 10. The molecule has 0 aliphatic carbocycles. The van der Waals surface area contributed by atoms with Gasteiger partial charge in [0, 0.05) is 18.8 Å². The first-order valence-corrected chi connectivity index (χ1v) is 29.7. The van der Waals surface area contributed by atoms with Crippen LogP contribution in [0.3, 0.4) is 0 Å². The molecule has 6 aromatic heterocycles. The van der Waals surface area contributed by atoms with Crippen LogP contribution in [0.1, 0.15) is 32.0 Å². The number of aliphatic hydroxyl groups is 3. The SMILES string of the molecule is CC[C@H]1[C@@H](O)[C@H]([n+]2cn(C)c3c(=O)[nH]c(N)nc32)O[C@@H]1CSP(=O)(O)OP(=O)(O)OP(=O)(O)OC[C@H]1O[C@@H](n2cnc3c(N)ncnc32)[C@H](OC)[C@@H]1OP(=O)(O)OC[C@H]1O[C@@H](n2cnc3c(=O)[nH]c(N)nc32)[C@H](O)[C@@H]1O. The van der Waals surface area contributed by atoms with Crippen LogP contribution in [0, 0.1) is 5.92 Å². The predicted octanol–water partition coefficient (Wildman–Crippen LogP) is -2.33. The number of anilines is 3. The fraction of sp³-hybridized carbons (Fsp3) is 0.559. The monoisotopic (exact) mass is 1170 g/mol. The summed E-state index contributed by atoms with van der Waals surface area (Å²) in [5.41, 5.74) is 16.0. The summed E-state index contributed by atoms with van der Waals surface area (Å²) in [5, 5.41) is 33.0. The third-order valence-electron chi connectivity index (χ3n) is 12.2. The van der Waals surface area contributed by atoms with Crippen molar-refractivity contribution in [2.75, 3.05) is 43.3 Å². The number of aliphatic hydroxyl groups excluding tert-OH is 3. The molecule has 0 spiro atoms. The first kappa shape index (κ1) is 56.0. The van der Waals surface area contributed by atoms with Crippen LogP contribution in [0.2, 0.25) is 0 Å². The van der Waals surface area contributed by atoms with Crippen molar-refractivity contribution in [1.82, 2.24) is 53.6 Å². The second kappa shape index (κ2) is 21.2. The maximum absolute atomic E-state index is 13.7. The topological polar surface area (TPSA) is 533 Å². The highest BCUT2D eigenvalue weighted by molar-refractivity contribution is 8.55. The first-order chi connectivity index (χ1) is 35.7. The Morgan fingerprint density at radius 2 is 1.39 bits per heavy atom. The molecule has 76 heavy (non-hydrogen) atoms. The molecule has 9 heterocycles.